The molecule has 0 atom stereocenters. The Morgan fingerprint density at radius 2 is 0.372 bits per heavy atom. The van der Waals surface area contributed by atoms with Crippen LogP contribution in [0.1, 0.15) is 178 Å². The van der Waals surface area contributed by atoms with Gasteiger partial charge in [0.15, 0.2) is 0 Å². The molecule has 0 rings (SSSR count). The molecule has 7 heteroatoms. The van der Waals surface area contributed by atoms with E-state index in [1.54, 1.807) is 0 Å². The quantitative estimate of drug-likeness (QED) is 0.0799. The minimum absolute atomic E-state index is 1.32. The normalized spacial score (nSPS) is 10.7. The molecule has 0 fully saturated rings. The Kier molecular flexibility index (Phi) is 53.4. The van der Waals surface area contributed by atoms with E-state index in [0.717, 1.165) is 0 Å². The third kappa shape index (κ3) is 51.7. The average molecular weight is 618 g/mol. The van der Waals surface area contributed by atoms with E-state index in [2.05, 4.69) is 77.0 Å². The Balaban J connectivity index is -0.000000249. The van der Waals surface area contributed by atoms with Crippen molar-refractivity contribution in [3.05, 3.63) is 0 Å². The third-order valence-electron chi connectivity index (χ3n) is 7.45. The summed E-state index contributed by atoms with van der Waals surface area (Å²) >= 11 is 0. The SMILES string of the molecule is CCCCN(CCCC)CCCC.CCCCN(CCCC)CCCC.CCCCN(CCCC)CCCC.OB(O)O. The van der Waals surface area contributed by atoms with Crippen molar-refractivity contribution < 1.29 is 15.1 Å². The first-order valence-electron chi connectivity index (χ1n) is 19.0. The number of hydrogen-bond acceptors (Lipinski definition) is 6. The van der Waals surface area contributed by atoms with Crippen LogP contribution in [-0.2, 0) is 0 Å². The van der Waals surface area contributed by atoms with E-state index in [9.17, 15) is 0 Å². The molecule has 43 heavy (non-hydrogen) atoms. The summed E-state index contributed by atoms with van der Waals surface area (Å²) in [6, 6.07) is 0. The molecule has 0 saturated carbocycles. The van der Waals surface area contributed by atoms with Gasteiger partial charge in [-0.25, -0.2) is 0 Å². The molecule has 0 aliphatic heterocycles. The van der Waals surface area contributed by atoms with Crippen molar-refractivity contribution in [1.82, 2.24) is 14.7 Å². The molecule has 0 aromatic heterocycles. The zero-order valence-corrected chi connectivity index (χ0v) is 31.4. The van der Waals surface area contributed by atoms with Crippen LogP contribution in [0.2, 0.25) is 0 Å². The van der Waals surface area contributed by atoms with Crippen molar-refractivity contribution in [3.8, 4) is 0 Å². The molecular weight excluding hydrogens is 533 g/mol. The lowest BCUT2D eigenvalue weighted by atomic mass is 10.2. The predicted molar refractivity (Wildman–Crippen MR) is 196 cm³/mol. The summed E-state index contributed by atoms with van der Waals surface area (Å²) in [5, 5.41) is 21.5. The van der Waals surface area contributed by atoms with Gasteiger partial charge in [-0.05, 0) is 117 Å². The van der Waals surface area contributed by atoms with Gasteiger partial charge in [0.2, 0.25) is 0 Å². The van der Waals surface area contributed by atoms with Gasteiger partial charge in [0, 0.05) is 0 Å². The van der Waals surface area contributed by atoms with Crippen LogP contribution in [0.25, 0.3) is 0 Å². The van der Waals surface area contributed by atoms with Crippen LogP contribution in [0.15, 0.2) is 0 Å². The molecule has 0 bridgehead atoms. The number of hydrogen-bond donors (Lipinski definition) is 3. The molecule has 0 saturated heterocycles. The van der Waals surface area contributed by atoms with Crippen LogP contribution in [0.5, 0.6) is 0 Å². The molecule has 0 aliphatic carbocycles. The lowest BCUT2D eigenvalue weighted by Crippen LogP contribution is -2.27. The standard InChI is InChI=1S/3C12H27N.BH3O3/c3*1-4-7-10-13(11-8-5-2)12-9-6-3;2-1(3)4/h3*4-12H2,1-3H3;2-4H. The summed E-state index contributed by atoms with van der Waals surface area (Å²) < 4.78 is 0. The molecule has 0 aromatic carbocycles. The minimum Gasteiger partial charge on any atom is -0.402 e. The van der Waals surface area contributed by atoms with Crippen molar-refractivity contribution >= 4 is 7.32 Å². The fourth-order valence-electron chi connectivity index (χ4n) is 4.44. The second-order valence-corrected chi connectivity index (χ2v) is 12.1. The molecule has 0 spiro atoms. The van der Waals surface area contributed by atoms with Gasteiger partial charge in [-0.2, -0.15) is 0 Å². The maximum Gasteiger partial charge on any atom is 0.631 e. The molecule has 0 aromatic rings. The highest BCUT2D eigenvalue weighted by molar-refractivity contribution is 6.30. The van der Waals surface area contributed by atoms with E-state index in [1.807, 2.05) is 0 Å². The zero-order valence-electron chi connectivity index (χ0n) is 31.4. The molecule has 0 aliphatic rings. The van der Waals surface area contributed by atoms with Gasteiger partial charge in [-0.15, -0.1) is 0 Å². The van der Waals surface area contributed by atoms with E-state index < -0.39 is 7.32 Å². The topological polar surface area (TPSA) is 70.4 Å². The molecule has 3 N–H and O–H groups in total. The van der Waals surface area contributed by atoms with Crippen molar-refractivity contribution in [2.24, 2.45) is 0 Å². The van der Waals surface area contributed by atoms with Gasteiger partial charge in [-0.1, -0.05) is 120 Å². The van der Waals surface area contributed by atoms with Gasteiger partial charge < -0.3 is 29.8 Å². The lowest BCUT2D eigenvalue weighted by Gasteiger charge is -2.21. The van der Waals surface area contributed by atoms with E-state index in [4.69, 9.17) is 15.1 Å². The van der Waals surface area contributed by atoms with Gasteiger partial charge in [0.25, 0.3) is 0 Å². The Labute approximate surface area is 273 Å². The number of rotatable bonds is 27. The summed E-state index contributed by atoms with van der Waals surface area (Å²) in [7, 11) is -2.17. The van der Waals surface area contributed by atoms with Crippen LogP contribution < -0.4 is 0 Å². The van der Waals surface area contributed by atoms with Crippen LogP contribution >= 0.6 is 0 Å². The van der Waals surface area contributed by atoms with E-state index in [0.29, 0.717) is 0 Å². The summed E-state index contributed by atoms with van der Waals surface area (Å²) in [6.45, 7) is 32.3. The molecule has 0 unspecified atom stereocenters. The Hall–Kier alpha value is -0.175. The maximum absolute atomic E-state index is 7.17. The molecule has 0 radical (unpaired) electrons. The fourth-order valence-corrected chi connectivity index (χ4v) is 4.44. The van der Waals surface area contributed by atoms with Crippen LogP contribution in [0.3, 0.4) is 0 Å². The fraction of sp³-hybridized carbons (Fsp3) is 1.00. The highest BCUT2D eigenvalue weighted by Gasteiger charge is 2.03. The lowest BCUT2D eigenvalue weighted by molar-refractivity contribution is 0.261. The van der Waals surface area contributed by atoms with Gasteiger partial charge in [-0.3, -0.25) is 0 Å². The predicted octanol–water partition coefficient (Wildman–Crippen LogP) is 9.01. The molecule has 264 valence electrons. The first-order valence-corrected chi connectivity index (χ1v) is 19.0. The third-order valence-corrected chi connectivity index (χ3v) is 7.45. The zero-order chi connectivity index (χ0) is 33.4. The Morgan fingerprint density at radius 1 is 0.279 bits per heavy atom. The summed E-state index contributed by atoms with van der Waals surface area (Å²) in [5.41, 5.74) is 0. The minimum atomic E-state index is -2.17. The van der Waals surface area contributed by atoms with E-state index in [1.165, 1.54) is 174 Å². The largest absolute Gasteiger partial charge is 0.631 e. The van der Waals surface area contributed by atoms with Gasteiger partial charge in [0.05, 0.1) is 0 Å². The van der Waals surface area contributed by atoms with Crippen molar-refractivity contribution in [3.63, 3.8) is 0 Å². The number of unbranched alkanes of at least 4 members (excludes halogenated alkanes) is 9. The second-order valence-electron chi connectivity index (χ2n) is 12.1. The average Bonchev–Trinajstić information content (AvgIpc) is 3.00. The van der Waals surface area contributed by atoms with Crippen LogP contribution in [0, 0.1) is 0 Å². The summed E-state index contributed by atoms with van der Waals surface area (Å²) in [6.07, 6.45) is 24.3. The molecule has 0 heterocycles. The van der Waals surface area contributed by atoms with Gasteiger partial charge in [0.1, 0.15) is 0 Å². The van der Waals surface area contributed by atoms with Crippen molar-refractivity contribution in [2.45, 2.75) is 178 Å². The number of nitrogens with zero attached hydrogens (tertiary/aromatic N) is 3. The molecular formula is C36H84BN3O3. The van der Waals surface area contributed by atoms with Crippen molar-refractivity contribution in [2.75, 3.05) is 58.9 Å². The first kappa shape index (κ1) is 49.7. The van der Waals surface area contributed by atoms with E-state index in [-0.39, 0.29) is 0 Å². The van der Waals surface area contributed by atoms with Gasteiger partial charge >= 0.3 is 7.32 Å². The monoisotopic (exact) mass is 618 g/mol. The summed E-state index contributed by atoms with van der Waals surface area (Å²) in [5.74, 6) is 0. The Bertz CT molecular complexity index is 331. The highest BCUT2D eigenvalue weighted by Crippen LogP contribution is 2.03. The smallest absolute Gasteiger partial charge is 0.402 e. The molecule has 0 amide bonds. The Morgan fingerprint density at radius 3 is 0.442 bits per heavy atom. The highest BCUT2D eigenvalue weighted by atomic mass is 16.5. The van der Waals surface area contributed by atoms with Crippen LogP contribution in [-0.4, -0.2) is 96.0 Å². The van der Waals surface area contributed by atoms with E-state index >= 15 is 0 Å². The van der Waals surface area contributed by atoms with Crippen molar-refractivity contribution in [1.29, 1.82) is 0 Å². The molecule has 6 nitrogen and oxygen atoms in total. The van der Waals surface area contributed by atoms with Crippen LogP contribution in [0.4, 0.5) is 0 Å². The second kappa shape index (κ2) is 46.2. The first-order chi connectivity index (χ1) is 20.8. The maximum atomic E-state index is 7.17. The summed E-state index contributed by atoms with van der Waals surface area (Å²) in [4.78, 5) is 7.91.